The molecule has 10 heteroatoms. The van der Waals surface area contributed by atoms with Crippen molar-refractivity contribution in [1.29, 1.82) is 0 Å². The lowest BCUT2D eigenvalue weighted by atomic mass is 10.2. The number of hydrogen-bond donors (Lipinski definition) is 0. The van der Waals surface area contributed by atoms with Gasteiger partial charge in [-0.25, -0.2) is 4.63 Å². The van der Waals surface area contributed by atoms with Crippen molar-refractivity contribution in [3.05, 3.63) is 52.1 Å². The molecule has 118 valence electrons. The first-order valence-electron chi connectivity index (χ1n) is 6.10. The lowest BCUT2D eigenvalue weighted by molar-refractivity contribution is -0.385. The van der Waals surface area contributed by atoms with Crippen LogP contribution in [0.25, 0.3) is 11.0 Å². The molecule has 0 saturated carbocycles. The molecule has 0 bridgehead atoms. The van der Waals surface area contributed by atoms with Gasteiger partial charge in [-0.1, -0.05) is 0 Å². The number of benzene rings is 2. The minimum Gasteiger partial charge on any atom is -0.450 e. The number of nitro benzene ring substituents is 1. The molecule has 0 amide bonds. The molecule has 0 aliphatic carbocycles. The van der Waals surface area contributed by atoms with E-state index in [0.29, 0.717) is 23.2 Å². The Morgan fingerprint density at radius 3 is 2.52 bits per heavy atom. The van der Waals surface area contributed by atoms with Crippen LogP contribution in [-0.4, -0.2) is 15.2 Å². The Morgan fingerprint density at radius 2 is 1.83 bits per heavy atom. The monoisotopic (exact) mass is 325 g/mol. The fourth-order valence-corrected chi connectivity index (χ4v) is 1.88. The van der Waals surface area contributed by atoms with Crippen molar-refractivity contribution in [2.75, 3.05) is 0 Å². The standard InChI is InChI=1S/C13H6F3N3O4/c14-13(15,16)7-1-4-12(11(5-7)19(20)21)22-8-2-3-9-10(6-8)18-23-17-9/h1-6H. The minimum atomic E-state index is -4.69. The number of nitro groups is 1. The van der Waals surface area contributed by atoms with E-state index in [2.05, 4.69) is 14.9 Å². The van der Waals surface area contributed by atoms with Crippen molar-refractivity contribution in [2.45, 2.75) is 6.18 Å². The SMILES string of the molecule is O=[N+]([O-])c1cc(C(F)(F)F)ccc1Oc1ccc2nonc2c1. The number of halogens is 3. The predicted molar refractivity (Wildman–Crippen MR) is 70.0 cm³/mol. The molecule has 0 spiro atoms. The van der Waals surface area contributed by atoms with Gasteiger partial charge >= 0.3 is 11.9 Å². The van der Waals surface area contributed by atoms with E-state index in [1.807, 2.05) is 0 Å². The van der Waals surface area contributed by atoms with Gasteiger partial charge in [0, 0.05) is 12.1 Å². The summed E-state index contributed by atoms with van der Waals surface area (Å²) >= 11 is 0. The molecule has 7 nitrogen and oxygen atoms in total. The van der Waals surface area contributed by atoms with Gasteiger partial charge in [-0.2, -0.15) is 13.2 Å². The number of nitrogens with zero attached hydrogens (tertiary/aromatic N) is 3. The highest BCUT2D eigenvalue weighted by atomic mass is 19.4. The quantitative estimate of drug-likeness (QED) is 0.535. The van der Waals surface area contributed by atoms with E-state index in [9.17, 15) is 23.3 Å². The zero-order chi connectivity index (χ0) is 16.6. The second kappa shape index (κ2) is 5.23. The molecule has 1 heterocycles. The zero-order valence-electron chi connectivity index (χ0n) is 11.1. The van der Waals surface area contributed by atoms with E-state index in [-0.39, 0.29) is 11.5 Å². The molecule has 0 N–H and O–H groups in total. The molecule has 3 rings (SSSR count). The van der Waals surface area contributed by atoms with Crippen LogP contribution in [0.1, 0.15) is 5.56 Å². The van der Waals surface area contributed by atoms with Crippen LogP contribution in [0.2, 0.25) is 0 Å². The summed E-state index contributed by atoms with van der Waals surface area (Å²) in [4.78, 5) is 10.0. The summed E-state index contributed by atoms with van der Waals surface area (Å²) in [5, 5.41) is 18.1. The van der Waals surface area contributed by atoms with E-state index >= 15 is 0 Å². The molecular weight excluding hydrogens is 319 g/mol. The highest BCUT2D eigenvalue weighted by molar-refractivity contribution is 5.74. The first-order chi connectivity index (χ1) is 10.8. The van der Waals surface area contributed by atoms with Gasteiger partial charge in [-0.05, 0) is 34.6 Å². The van der Waals surface area contributed by atoms with Crippen LogP contribution in [0.5, 0.6) is 11.5 Å². The highest BCUT2D eigenvalue weighted by Crippen LogP contribution is 2.38. The minimum absolute atomic E-state index is 0.149. The van der Waals surface area contributed by atoms with Crippen molar-refractivity contribution in [2.24, 2.45) is 0 Å². The molecule has 2 aromatic carbocycles. The highest BCUT2D eigenvalue weighted by Gasteiger charge is 2.33. The van der Waals surface area contributed by atoms with Crippen molar-refractivity contribution in [1.82, 2.24) is 10.3 Å². The van der Waals surface area contributed by atoms with E-state index in [1.54, 1.807) is 0 Å². The Labute approximate surface area is 125 Å². The van der Waals surface area contributed by atoms with Crippen molar-refractivity contribution in [3.63, 3.8) is 0 Å². The van der Waals surface area contributed by atoms with E-state index in [0.717, 1.165) is 6.07 Å². The second-order valence-electron chi connectivity index (χ2n) is 4.45. The maximum atomic E-state index is 12.6. The largest absolute Gasteiger partial charge is 0.450 e. The number of rotatable bonds is 3. The molecule has 3 aromatic rings. The van der Waals surface area contributed by atoms with E-state index in [4.69, 9.17) is 4.74 Å². The summed E-state index contributed by atoms with van der Waals surface area (Å²) < 4.78 is 47.7. The first-order valence-corrected chi connectivity index (χ1v) is 6.10. The molecule has 1 aromatic heterocycles. The predicted octanol–water partition coefficient (Wildman–Crippen LogP) is 3.94. The Hall–Kier alpha value is -3.17. The topological polar surface area (TPSA) is 91.3 Å². The number of hydrogen-bond acceptors (Lipinski definition) is 6. The number of alkyl halides is 3. The fourth-order valence-electron chi connectivity index (χ4n) is 1.88. The third-order valence-electron chi connectivity index (χ3n) is 2.94. The van der Waals surface area contributed by atoms with Gasteiger partial charge in [0.2, 0.25) is 5.75 Å². The summed E-state index contributed by atoms with van der Waals surface area (Å²) in [7, 11) is 0. The maximum absolute atomic E-state index is 12.6. The van der Waals surface area contributed by atoms with Gasteiger partial charge in [-0.15, -0.1) is 0 Å². The van der Waals surface area contributed by atoms with Gasteiger partial charge in [0.1, 0.15) is 16.8 Å². The van der Waals surface area contributed by atoms with Crippen LogP contribution in [0.3, 0.4) is 0 Å². The van der Waals surface area contributed by atoms with E-state index in [1.165, 1.54) is 18.2 Å². The number of aromatic nitrogens is 2. The molecule has 0 saturated heterocycles. The van der Waals surface area contributed by atoms with Gasteiger partial charge in [-0.3, -0.25) is 10.1 Å². The van der Waals surface area contributed by atoms with Crippen LogP contribution >= 0.6 is 0 Å². The van der Waals surface area contributed by atoms with Crippen LogP contribution in [0.15, 0.2) is 41.0 Å². The molecule has 0 radical (unpaired) electrons. The molecule has 0 unspecified atom stereocenters. The second-order valence-corrected chi connectivity index (χ2v) is 4.45. The summed E-state index contributed by atoms with van der Waals surface area (Å²) in [6, 6.07) is 6.36. The molecule has 23 heavy (non-hydrogen) atoms. The third-order valence-corrected chi connectivity index (χ3v) is 2.94. The van der Waals surface area contributed by atoms with Crippen LogP contribution in [-0.2, 0) is 6.18 Å². The normalized spacial score (nSPS) is 11.6. The smallest absolute Gasteiger partial charge is 0.416 e. The van der Waals surface area contributed by atoms with Gasteiger partial charge in [0.05, 0.1) is 10.5 Å². The summed E-state index contributed by atoms with van der Waals surface area (Å²) in [5.74, 6) is -0.171. The Balaban J connectivity index is 1.99. The average Bonchev–Trinajstić information content (AvgIpc) is 2.93. The average molecular weight is 325 g/mol. The molecule has 0 atom stereocenters. The summed E-state index contributed by atoms with van der Waals surface area (Å²) in [6.45, 7) is 0. The summed E-state index contributed by atoms with van der Waals surface area (Å²) in [6.07, 6.45) is -4.69. The van der Waals surface area contributed by atoms with Crippen LogP contribution in [0, 0.1) is 10.1 Å². The van der Waals surface area contributed by atoms with Crippen molar-refractivity contribution in [3.8, 4) is 11.5 Å². The lowest BCUT2D eigenvalue weighted by Gasteiger charge is -2.09. The zero-order valence-corrected chi connectivity index (χ0v) is 11.1. The first kappa shape index (κ1) is 14.8. The van der Waals surface area contributed by atoms with Gasteiger partial charge in [0.25, 0.3) is 0 Å². The van der Waals surface area contributed by atoms with Crippen molar-refractivity contribution >= 4 is 16.7 Å². The lowest BCUT2D eigenvalue weighted by Crippen LogP contribution is -2.06. The van der Waals surface area contributed by atoms with Gasteiger partial charge in [0.15, 0.2) is 0 Å². The molecule has 0 aliphatic rings. The molecule has 0 fully saturated rings. The Morgan fingerprint density at radius 1 is 1.09 bits per heavy atom. The van der Waals surface area contributed by atoms with E-state index < -0.39 is 22.4 Å². The molecule has 0 aliphatic heterocycles. The number of fused-ring (bicyclic) bond motifs is 1. The summed E-state index contributed by atoms with van der Waals surface area (Å²) in [5.41, 5.74) is -1.14. The van der Waals surface area contributed by atoms with Crippen molar-refractivity contribution < 1.29 is 27.5 Å². The molecular formula is C13H6F3N3O4. The third kappa shape index (κ3) is 2.91. The number of ether oxygens (including phenoxy) is 1. The fraction of sp³-hybridized carbons (Fsp3) is 0.0769. The Kier molecular flexibility index (Phi) is 3.36. The maximum Gasteiger partial charge on any atom is 0.416 e. The van der Waals surface area contributed by atoms with Crippen LogP contribution in [0.4, 0.5) is 18.9 Å². The van der Waals surface area contributed by atoms with Crippen LogP contribution < -0.4 is 4.74 Å². The Bertz CT molecular complexity index is 892. The van der Waals surface area contributed by atoms with Gasteiger partial charge < -0.3 is 4.74 Å².